The first-order valence-corrected chi connectivity index (χ1v) is 30.3. The molecule has 5 N–H and O–H groups in total. The second-order valence-corrected chi connectivity index (χ2v) is 25.1. The number of likely N-dealkylation sites (N-methyl/N-ethyl adjacent to an activating group) is 1. The number of nitrogens with one attached hydrogen (secondary N) is 2. The van der Waals surface area contributed by atoms with Gasteiger partial charge in [-0.3, -0.25) is 38.5 Å². The zero-order valence-corrected chi connectivity index (χ0v) is 53.0. The fourth-order valence-electron chi connectivity index (χ4n) is 11.3. The summed E-state index contributed by atoms with van der Waals surface area (Å²) in [5.41, 5.74) is 5.70. The first-order valence-electron chi connectivity index (χ1n) is 29.2. The van der Waals surface area contributed by atoms with Crippen LogP contribution < -0.4 is 21.3 Å². The molecule has 2 aromatic rings. The van der Waals surface area contributed by atoms with Gasteiger partial charge in [-0.25, -0.2) is 9.59 Å². The number of rotatable bonds is 23. The fraction of sp³-hybridized carbons (Fsp3) is 0.556. The van der Waals surface area contributed by atoms with Crippen LogP contribution in [0.2, 0.25) is 10.0 Å². The molecule has 0 aromatic heterocycles. The molecule has 0 aliphatic carbocycles. The summed E-state index contributed by atoms with van der Waals surface area (Å²) in [6, 6.07) is 5.20. The number of carbonyl (C=O) groups excluding carboxylic acids is 9. The minimum Gasteiger partial charge on any atom is -0.462 e. The number of esters is 2. The Hall–Kier alpha value is -6.36. The molecule has 0 saturated carbocycles. The number of ketones is 1. The van der Waals surface area contributed by atoms with E-state index in [0.717, 1.165) is 21.6 Å². The number of benzene rings is 2. The monoisotopic (exact) mass is 1250 g/mol. The van der Waals surface area contributed by atoms with Crippen LogP contribution in [0.5, 0.6) is 0 Å². The number of urea groups is 1. The van der Waals surface area contributed by atoms with Gasteiger partial charge in [0.1, 0.15) is 35.6 Å². The SMILES string of the molecule is CO[C@@H]1/C=C/C=C(\C)Cc2cc(C)c(Cl)c(c2)N(C)C(=O)C[C@H](OC(=O)[C@H](C)N(C)C(=O)c2ccc(CC(=O)[C@H](CCCNC(N)=O)NC(=O)[C@@H](CC(=S)CCCCCN3C(=O)C=CC3=O)C(C)C)cc2Cl)[C@]2(C)O[C@H]2[C@H](C)[C@@H]2C[C@@]1(O)CC(=O)O2. The Kier molecular flexibility index (Phi) is 24.0. The highest BCUT2D eigenvalue weighted by atomic mass is 35.5. The molecule has 23 heteroatoms. The number of allylic oxidation sites excluding steroid dienone is 3. The highest BCUT2D eigenvalue weighted by molar-refractivity contribution is 7.80. The Labute approximate surface area is 518 Å². The van der Waals surface area contributed by atoms with Crippen molar-refractivity contribution in [1.82, 2.24) is 20.4 Å². The zero-order chi connectivity index (χ0) is 63.5. The maximum Gasteiger partial charge on any atom is 0.328 e. The molecule has 86 heavy (non-hydrogen) atoms. The number of ether oxygens (including phenoxy) is 4. The number of epoxide rings is 1. The molecule has 4 aliphatic heterocycles. The van der Waals surface area contributed by atoms with E-state index in [-0.39, 0.29) is 72.2 Å². The predicted octanol–water partition coefficient (Wildman–Crippen LogP) is 7.59. The van der Waals surface area contributed by atoms with Crippen molar-refractivity contribution in [3.63, 3.8) is 0 Å². The Morgan fingerprint density at radius 3 is 2.35 bits per heavy atom. The first-order chi connectivity index (χ1) is 40.5. The Morgan fingerprint density at radius 1 is 1.00 bits per heavy atom. The van der Waals surface area contributed by atoms with Gasteiger partial charge in [-0.05, 0) is 118 Å². The van der Waals surface area contributed by atoms with E-state index in [2.05, 4.69) is 10.6 Å². The minimum atomic E-state index is -1.65. The predicted molar refractivity (Wildman–Crippen MR) is 328 cm³/mol. The molecule has 2 saturated heterocycles. The van der Waals surface area contributed by atoms with Crippen molar-refractivity contribution in [2.45, 2.75) is 173 Å². The van der Waals surface area contributed by atoms with Gasteiger partial charge in [0.05, 0.1) is 46.3 Å². The summed E-state index contributed by atoms with van der Waals surface area (Å²) < 4.78 is 24.2. The van der Waals surface area contributed by atoms with Crippen LogP contribution in [0, 0.1) is 24.7 Å². The quantitative estimate of drug-likeness (QED) is 0.0274. The molecule has 0 radical (unpaired) electrons. The maximum absolute atomic E-state index is 14.5. The average molecular weight is 1250 g/mol. The summed E-state index contributed by atoms with van der Waals surface area (Å²) in [7, 11) is 4.42. The Morgan fingerprint density at radius 2 is 1.70 bits per heavy atom. The molecule has 2 fully saturated rings. The van der Waals surface area contributed by atoms with Gasteiger partial charge in [-0.15, -0.1) is 0 Å². The molecule has 0 unspecified atom stereocenters. The number of aryl methyl sites for hydroxylation is 1. The average Bonchev–Trinajstić information content (AvgIpc) is 1.60. The molecule has 10 atom stereocenters. The highest BCUT2D eigenvalue weighted by Crippen LogP contribution is 2.50. The number of hydrogen-bond donors (Lipinski definition) is 4. The number of hydrogen-bond acceptors (Lipinski definition) is 15. The van der Waals surface area contributed by atoms with Gasteiger partial charge >= 0.3 is 18.0 Å². The lowest BCUT2D eigenvalue weighted by Crippen LogP contribution is -2.53. The molecular formula is C63H82Cl2N6O14S. The van der Waals surface area contributed by atoms with Crippen LogP contribution >= 0.6 is 35.4 Å². The van der Waals surface area contributed by atoms with Gasteiger partial charge < -0.3 is 50.2 Å². The van der Waals surface area contributed by atoms with Gasteiger partial charge in [0, 0.05) is 71.1 Å². The lowest BCUT2D eigenvalue weighted by atomic mass is 9.78. The van der Waals surface area contributed by atoms with E-state index in [0.29, 0.717) is 72.6 Å². The number of nitrogens with zero attached hydrogens (tertiary/aromatic N) is 3. The molecular weight excluding hydrogens is 1170 g/mol. The lowest BCUT2D eigenvalue weighted by Gasteiger charge is -2.41. The van der Waals surface area contributed by atoms with E-state index in [9.17, 15) is 48.3 Å². The van der Waals surface area contributed by atoms with Crippen LogP contribution in [0.25, 0.3) is 0 Å². The normalized spacial score (nSPS) is 25.3. The molecule has 0 spiro atoms. The van der Waals surface area contributed by atoms with Crippen molar-refractivity contribution in [3.05, 3.63) is 98.6 Å². The van der Waals surface area contributed by atoms with Crippen LogP contribution in [-0.4, -0.2) is 155 Å². The number of nitrogens with two attached hydrogens (primary N) is 1. The number of primary amides is 1. The van der Waals surface area contributed by atoms with Crippen LogP contribution in [0.15, 0.2) is 66.3 Å². The van der Waals surface area contributed by atoms with Gasteiger partial charge in [0.2, 0.25) is 11.8 Å². The summed E-state index contributed by atoms with van der Waals surface area (Å²) in [6.07, 6.45) is 7.00. The van der Waals surface area contributed by atoms with E-state index in [1.165, 1.54) is 55.2 Å². The minimum absolute atomic E-state index is 0.000560. The third kappa shape index (κ3) is 17.5. The smallest absolute Gasteiger partial charge is 0.328 e. The number of unbranched alkanes of at least 4 members (excludes halogenated alkanes) is 2. The van der Waals surface area contributed by atoms with Crippen LogP contribution in [0.1, 0.15) is 133 Å². The van der Waals surface area contributed by atoms with Crippen molar-refractivity contribution < 1.29 is 67.2 Å². The molecule has 468 valence electrons. The number of methoxy groups -OCH3 is 1. The number of imide groups is 1. The lowest BCUT2D eigenvalue weighted by molar-refractivity contribution is -0.187. The summed E-state index contributed by atoms with van der Waals surface area (Å²) in [6.45, 7) is 12.9. The summed E-state index contributed by atoms with van der Waals surface area (Å²) >= 11 is 19.4. The first kappa shape index (κ1) is 68.7. The fourth-order valence-corrected chi connectivity index (χ4v) is 12.2. The third-order valence-electron chi connectivity index (χ3n) is 16.8. The van der Waals surface area contributed by atoms with Crippen molar-refractivity contribution in [3.8, 4) is 0 Å². The van der Waals surface area contributed by atoms with Crippen molar-refractivity contribution in [2.75, 3.05) is 39.2 Å². The second-order valence-electron chi connectivity index (χ2n) is 23.8. The van der Waals surface area contributed by atoms with E-state index in [4.69, 9.17) is 60.1 Å². The van der Waals surface area contributed by atoms with Crippen LogP contribution in [-0.2, 0) is 65.4 Å². The number of aliphatic hydroxyl groups is 1. The Balaban J connectivity index is 1.15. The largest absolute Gasteiger partial charge is 0.462 e. The summed E-state index contributed by atoms with van der Waals surface area (Å²) in [4.78, 5) is 124. The number of anilines is 1. The number of Topliss-reactive ketones (excluding diaryl/α,β-unsaturated/α-hetero) is 1. The van der Waals surface area contributed by atoms with E-state index in [1.807, 2.05) is 45.9 Å². The van der Waals surface area contributed by atoms with Crippen molar-refractivity contribution in [1.29, 1.82) is 0 Å². The second kappa shape index (κ2) is 30.0. The van der Waals surface area contributed by atoms with Gasteiger partial charge in [0.25, 0.3) is 17.7 Å². The molecule has 4 aliphatic rings. The molecule has 2 aromatic carbocycles. The zero-order valence-electron chi connectivity index (χ0n) is 50.7. The van der Waals surface area contributed by atoms with Crippen molar-refractivity contribution >= 4 is 99.3 Å². The van der Waals surface area contributed by atoms with Crippen LogP contribution in [0.3, 0.4) is 0 Å². The van der Waals surface area contributed by atoms with Gasteiger partial charge in [-0.2, -0.15) is 0 Å². The topological polar surface area (TPSA) is 274 Å². The van der Waals surface area contributed by atoms with Gasteiger partial charge in [-0.1, -0.05) is 98.5 Å². The maximum atomic E-state index is 14.5. The van der Waals surface area contributed by atoms with Crippen LogP contribution in [0.4, 0.5) is 10.5 Å². The summed E-state index contributed by atoms with van der Waals surface area (Å²) in [5.74, 6) is -5.35. The number of amides is 7. The Bertz CT molecular complexity index is 3020. The third-order valence-corrected chi connectivity index (χ3v) is 18.0. The van der Waals surface area contributed by atoms with Gasteiger partial charge in [0.15, 0.2) is 5.78 Å². The van der Waals surface area contributed by atoms with E-state index >= 15 is 0 Å². The van der Waals surface area contributed by atoms with E-state index < -0.39 is 95.7 Å². The molecule has 4 heterocycles. The molecule has 6 rings (SSSR count). The number of carbonyl (C=O) groups is 9. The molecule has 4 bridgehead atoms. The van der Waals surface area contributed by atoms with E-state index in [1.54, 1.807) is 39.1 Å². The standard InChI is InChI=1S/C63H82Cl2N6O14S/c1-35(2)44(31-42(86)17-12-11-13-25-71-52(73)22-23-53(71)74)58(77)68-46(18-15-24-67-61(66)80)48(72)30-40-20-21-43(45(64)28-40)59(78)69(8)39(6)60(79)84-51-32-54(75)70(9)47-29-41(27-37(4)56(47)65)26-36(3)16-14-19-50(82-10)63(81)33-49(83-55(76)34-63)38(5)57-62(51,7)85-57/h14,16,19-23,27-29,35,38-39,44,46,49-51,57,81H,11-13,15,17-18,24-26,30-34H2,1-10H3,(H,68,77)(H3,66,67,80)/b19-14+,36-16+/t38-,39+,44+,46+,49+,50-,51+,57+,62+,63-/m1/s1. The number of fused-ring (bicyclic) bond motifs is 5. The summed E-state index contributed by atoms with van der Waals surface area (Å²) in [5, 5.41) is 17.8. The van der Waals surface area contributed by atoms with Crippen molar-refractivity contribution in [2.24, 2.45) is 23.5 Å². The highest BCUT2D eigenvalue weighted by Gasteiger charge is 2.64. The molecule has 7 amide bonds. The number of thiocarbonyl (C=S) groups is 1. The number of halogens is 2. The molecule has 20 nitrogen and oxygen atoms in total.